The highest BCUT2D eigenvalue weighted by Gasteiger charge is 2.37. The average molecular weight is 421 g/mol. The number of hydrogen-bond acceptors (Lipinski definition) is 4. The Kier molecular flexibility index (Phi) is 5.02. The Morgan fingerprint density at radius 2 is 2.03 bits per heavy atom. The van der Waals surface area contributed by atoms with Crippen molar-refractivity contribution in [1.29, 1.82) is 0 Å². The molecule has 0 saturated carbocycles. The average Bonchev–Trinajstić information content (AvgIpc) is 3.42. The molecule has 2 aliphatic rings. The molecular weight excluding hydrogens is 392 g/mol. The largest absolute Gasteiger partial charge is 0.357 e. The number of pyridine rings is 1. The van der Waals surface area contributed by atoms with Gasteiger partial charge < -0.3 is 14.5 Å². The molecule has 5 heterocycles. The smallest absolute Gasteiger partial charge is 0.270 e. The molecule has 3 aromatic heterocycles. The number of piperidine rings is 1. The SMILES string of the molecule is Cc1[nH]ncc1CN(C)Cc1ccc2n(c1=O)C[C@H]1C[C@@H]2CN(C(=O)c2ccc[nH]2)C1. The molecule has 2 aliphatic heterocycles. The number of nitrogens with zero attached hydrogens (tertiary/aromatic N) is 4. The number of rotatable bonds is 5. The van der Waals surface area contributed by atoms with Gasteiger partial charge in [-0.1, -0.05) is 6.07 Å². The standard InChI is InChI=1S/C23H28N6O2/c1-15-19(9-25-26-15)13-27(2)12-17-5-6-21-18-8-16(11-29(21)22(17)30)10-28(14-18)23(31)20-4-3-7-24-20/h3-7,9,16,18,24H,8,10-14H2,1-2H3,(H,25,26)/t16-,18+/m0/s1. The lowest BCUT2D eigenvalue weighted by atomic mass is 9.83. The topological polar surface area (TPSA) is 90.0 Å². The summed E-state index contributed by atoms with van der Waals surface area (Å²) >= 11 is 0. The first-order chi connectivity index (χ1) is 15.0. The minimum absolute atomic E-state index is 0.0447. The van der Waals surface area contributed by atoms with E-state index in [0.717, 1.165) is 35.5 Å². The Balaban J connectivity index is 1.34. The lowest BCUT2D eigenvalue weighted by molar-refractivity contribution is 0.0589. The van der Waals surface area contributed by atoms with Crippen molar-refractivity contribution in [3.8, 4) is 0 Å². The number of nitrogens with one attached hydrogen (secondary N) is 2. The zero-order valence-corrected chi connectivity index (χ0v) is 18.0. The van der Waals surface area contributed by atoms with Crippen LogP contribution in [0.2, 0.25) is 0 Å². The van der Waals surface area contributed by atoms with E-state index >= 15 is 0 Å². The summed E-state index contributed by atoms with van der Waals surface area (Å²) in [5.74, 6) is 0.562. The van der Waals surface area contributed by atoms with Gasteiger partial charge in [0.2, 0.25) is 0 Å². The monoisotopic (exact) mass is 420 g/mol. The minimum atomic E-state index is 0.0447. The van der Waals surface area contributed by atoms with E-state index in [2.05, 4.69) is 26.1 Å². The predicted molar refractivity (Wildman–Crippen MR) is 117 cm³/mol. The van der Waals surface area contributed by atoms with E-state index in [-0.39, 0.29) is 17.4 Å². The summed E-state index contributed by atoms with van der Waals surface area (Å²) in [6.07, 6.45) is 4.65. The number of carbonyl (C=O) groups excluding carboxylic acids is 1. The molecule has 0 unspecified atom stereocenters. The molecule has 2 bridgehead atoms. The molecular formula is C23H28N6O2. The number of likely N-dealkylation sites (tertiary alicyclic amines) is 1. The van der Waals surface area contributed by atoms with Gasteiger partial charge in [0.05, 0.1) is 6.20 Å². The number of aryl methyl sites for hydroxylation is 1. The highest BCUT2D eigenvalue weighted by Crippen LogP contribution is 2.35. The van der Waals surface area contributed by atoms with Gasteiger partial charge in [-0.15, -0.1) is 0 Å². The number of aromatic nitrogens is 4. The van der Waals surface area contributed by atoms with Gasteiger partial charge in [-0.05, 0) is 44.5 Å². The summed E-state index contributed by atoms with van der Waals surface area (Å²) in [7, 11) is 2.02. The lowest BCUT2D eigenvalue weighted by Crippen LogP contribution is -2.49. The summed E-state index contributed by atoms with van der Waals surface area (Å²) in [6, 6.07) is 7.73. The van der Waals surface area contributed by atoms with Gasteiger partial charge in [0, 0.05) is 67.4 Å². The van der Waals surface area contributed by atoms with E-state index in [1.165, 1.54) is 0 Å². The first-order valence-electron chi connectivity index (χ1n) is 10.8. The number of fused-ring (bicyclic) bond motifs is 4. The fraction of sp³-hybridized carbons (Fsp3) is 0.435. The Morgan fingerprint density at radius 1 is 1.19 bits per heavy atom. The van der Waals surface area contributed by atoms with E-state index < -0.39 is 0 Å². The van der Waals surface area contributed by atoms with Crippen LogP contribution in [0.4, 0.5) is 0 Å². The van der Waals surface area contributed by atoms with Crippen molar-refractivity contribution in [1.82, 2.24) is 29.5 Å². The second-order valence-corrected chi connectivity index (χ2v) is 8.98. The van der Waals surface area contributed by atoms with Gasteiger partial charge in [0.1, 0.15) is 5.69 Å². The first-order valence-corrected chi connectivity index (χ1v) is 10.8. The molecule has 8 heteroatoms. The third-order valence-corrected chi connectivity index (χ3v) is 6.61. The Morgan fingerprint density at radius 3 is 2.77 bits per heavy atom. The van der Waals surface area contributed by atoms with Crippen molar-refractivity contribution < 1.29 is 4.79 Å². The normalized spacial score (nSPS) is 20.2. The zero-order valence-electron chi connectivity index (χ0n) is 18.0. The lowest BCUT2D eigenvalue weighted by Gasteiger charge is -2.42. The number of H-pyrrole nitrogens is 2. The summed E-state index contributed by atoms with van der Waals surface area (Å²) in [5.41, 5.74) is 4.80. The van der Waals surface area contributed by atoms with Crippen molar-refractivity contribution >= 4 is 5.91 Å². The molecule has 1 fully saturated rings. The van der Waals surface area contributed by atoms with Crippen LogP contribution in [0.3, 0.4) is 0 Å². The highest BCUT2D eigenvalue weighted by atomic mass is 16.2. The number of hydrogen-bond donors (Lipinski definition) is 2. The van der Waals surface area contributed by atoms with E-state index in [9.17, 15) is 9.59 Å². The molecule has 0 spiro atoms. The maximum Gasteiger partial charge on any atom is 0.270 e. The summed E-state index contributed by atoms with van der Waals surface area (Å²) < 4.78 is 1.96. The molecule has 0 radical (unpaired) electrons. The molecule has 1 amide bonds. The van der Waals surface area contributed by atoms with E-state index in [4.69, 9.17) is 0 Å². The molecule has 2 atom stereocenters. The summed E-state index contributed by atoms with van der Waals surface area (Å²) in [5, 5.41) is 7.04. The molecule has 1 saturated heterocycles. The number of aromatic amines is 2. The fourth-order valence-corrected chi connectivity index (χ4v) is 5.08. The van der Waals surface area contributed by atoms with Crippen LogP contribution in [0, 0.1) is 12.8 Å². The van der Waals surface area contributed by atoms with Crippen LogP contribution in [0.25, 0.3) is 0 Å². The van der Waals surface area contributed by atoms with Gasteiger partial charge >= 0.3 is 0 Å². The van der Waals surface area contributed by atoms with E-state index in [1.807, 2.05) is 47.8 Å². The number of amides is 1. The molecule has 3 aromatic rings. The van der Waals surface area contributed by atoms with Crippen molar-refractivity contribution in [3.63, 3.8) is 0 Å². The molecule has 0 aromatic carbocycles. The van der Waals surface area contributed by atoms with Gasteiger partial charge in [-0.25, -0.2) is 0 Å². The molecule has 0 aliphatic carbocycles. The van der Waals surface area contributed by atoms with Crippen molar-refractivity contribution in [2.24, 2.45) is 5.92 Å². The third kappa shape index (κ3) is 3.72. The minimum Gasteiger partial charge on any atom is -0.357 e. The molecule has 162 valence electrons. The first kappa shape index (κ1) is 19.8. The van der Waals surface area contributed by atoms with Gasteiger partial charge in [-0.3, -0.25) is 19.6 Å². The van der Waals surface area contributed by atoms with Crippen LogP contribution < -0.4 is 5.56 Å². The van der Waals surface area contributed by atoms with Crippen LogP contribution in [-0.2, 0) is 19.6 Å². The van der Waals surface area contributed by atoms with Crippen molar-refractivity contribution in [2.75, 3.05) is 20.1 Å². The van der Waals surface area contributed by atoms with Crippen molar-refractivity contribution in [2.45, 2.75) is 38.9 Å². The highest BCUT2D eigenvalue weighted by molar-refractivity contribution is 5.92. The van der Waals surface area contributed by atoms with Crippen LogP contribution in [0.15, 0.2) is 41.5 Å². The van der Waals surface area contributed by atoms with E-state index in [0.29, 0.717) is 37.8 Å². The second kappa shape index (κ2) is 7.85. The molecule has 8 nitrogen and oxygen atoms in total. The summed E-state index contributed by atoms with van der Waals surface area (Å²) in [6.45, 7) is 5.38. The van der Waals surface area contributed by atoms with Crippen LogP contribution in [0.1, 0.15) is 45.3 Å². The number of carbonyl (C=O) groups is 1. The van der Waals surface area contributed by atoms with E-state index in [1.54, 1.807) is 6.20 Å². The third-order valence-electron chi connectivity index (χ3n) is 6.61. The maximum absolute atomic E-state index is 13.3. The van der Waals surface area contributed by atoms with Crippen LogP contribution in [-0.4, -0.2) is 55.6 Å². The quantitative estimate of drug-likeness (QED) is 0.662. The second-order valence-electron chi connectivity index (χ2n) is 8.98. The summed E-state index contributed by atoms with van der Waals surface area (Å²) in [4.78, 5) is 33.2. The fourth-order valence-electron chi connectivity index (χ4n) is 5.08. The molecule has 5 rings (SSSR count). The zero-order chi connectivity index (χ0) is 21.5. The molecule has 2 N–H and O–H groups in total. The maximum atomic E-state index is 13.3. The molecule has 31 heavy (non-hydrogen) atoms. The van der Waals surface area contributed by atoms with Gasteiger partial charge in [0.15, 0.2) is 0 Å². The van der Waals surface area contributed by atoms with Crippen LogP contribution >= 0.6 is 0 Å². The van der Waals surface area contributed by atoms with Crippen LogP contribution in [0.5, 0.6) is 0 Å². The van der Waals surface area contributed by atoms with Gasteiger partial charge in [0.25, 0.3) is 11.5 Å². The van der Waals surface area contributed by atoms with Crippen molar-refractivity contribution in [3.05, 3.63) is 75.2 Å². The Labute approximate surface area is 180 Å². The van der Waals surface area contributed by atoms with Gasteiger partial charge in [-0.2, -0.15) is 5.10 Å². The Hall–Kier alpha value is -3.13. The predicted octanol–water partition coefficient (Wildman–Crippen LogP) is 2.10. The Bertz CT molecular complexity index is 1150.